The summed E-state index contributed by atoms with van der Waals surface area (Å²) in [6.07, 6.45) is 0.492. The van der Waals surface area contributed by atoms with Gasteiger partial charge in [0, 0.05) is 29.2 Å². The number of halogens is 2. The molecular weight excluding hydrogens is 223 g/mol. The van der Waals surface area contributed by atoms with E-state index in [1.165, 1.54) is 0 Å². The molecule has 0 fully saturated rings. The first kappa shape index (κ1) is 11.8. The summed E-state index contributed by atoms with van der Waals surface area (Å²) in [4.78, 5) is 0. The van der Waals surface area contributed by atoms with Crippen molar-refractivity contribution in [1.82, 2.24) is 0 Å². The molecule has 0 saturated carbocycles. The fourth-order valence-corrected chi connectivity index (χ4v) is 1.75. The Bertz CT molecular complexity index is 278. The van der Waals surface area contributed by atoms with Gasteiger partial charge in [0.1, 0.15) is 0 Å². The third kappa shape index (κ3) is 2.85. The van der Waals surface area contributed by atoms with Crippen molar-refractivity contribution in [3.63, 3.8) is 0 Å². The molecule has 0 heterocycles. The van der Waals surface area contributed by atoms with E-state index in [-0.39, 0.29) is 19.1 Å². The van der Waals surface area contributed by atoms with Crippen LogP contribution in [0.4, 0.5) is 0 Å². The van der Waals surface area contributed by atoms with Crippen LogP contribution in [0.15, 0.2) is 18.2 Å². The summed E-state index contributed by atoms with van der Waals surface area (Å²) < 4.78 is 0. The molecular formula is C10H12Cl2O2. The Morgan fingerprint density at radius 3 is 2.00 bits per heavy atom. The van der Waals surface area contributed by atoms with E-state index in [1.807, 2.05) is 0 Å². The molecule has 0 radical (unpaired) electrons. The quantitative estimate of drug-likeness (QED) is 0.839. The van der Waals surface area contributed by atoms with E-state index >= 15 is 0 Å². The number of rotatable bonds is 4. The van der Waals surface area contributed by atoms with Crippen LogP contribution in [-0.4, -0.2) is 23.4 Å². The summed E-state index contributed by atoms with van der Waals surface area (Å²) in [6, 6.07) is 5.25. The Balaban J connectivity index is 2.84. The van der Waals surface area contributed by atoms with Crippen LogP contribution in [0.25, 0.3) is 0 Å². The molecule has 14 heavy (non-hydrogen) atoms. The van der Waals surface area contributed by atoms with Crippen LogP contribution in [0, 0.1) is 5.92 Å². The highest BCUT2D eigenvalue weighted by molar-refractivity contribution is 6.35. The van der Waals surface area contributed by atoms with E-state index in [4.69, 9.17) is 33.4 Å². The maximum absolute atomic E-state index is 8.92. The van der Waals surface area contributed by atoms with Crippen LogP contribution in [0.3, 0.4) is 0 Å². The molecule has 0 aliphatic heterocycles. The van der Waals surface area contributed by atoms with Gasteiger partial charge < -0.3 is 10.2 Å². The first-order chi connectivity index (χ1) is 6.69. The molecule has 2 N–H and O–H groups in total. The highest BCUT2D eigenvalue weighted by Crippen LogP contribution is 2.26. The molecule has 1 aromatic rings. The minimum atomic E-state index is -0.201. The maximum Gasteiger partial charge on any atom is 0.0484 e. The standard InChI is InChI=1S/C10H12Cl2O2/c11-9-2-1-3-10(12)8(9)4-7(5-13)6-14/h1-3,7,13-14H,4-6H2. The zero-order valence-electron chi connectivity index (χ0n) is 7.58. The van der Waals surface area contributed by atoms with Crippen molar-refractivity contribution in [3.05, 3.63) is 33.8 Å². The van der Waals surface area contributed by atoms with Gasteiger partial charge in [-0.3, -0.25) is 0 Å². The van der Waals surface area contributed by atoms with Crippen molar-refractivity contribution in [2.45, 2.75) is 6.42 Å². The lowest BCUT2D eigenvalue weighted by Gasteiger charge is -2.13. The van der Waals surface area contributed by atoms with E-state index in [9.17, 15) is 0 Å². The lowest BCUT2D eigenvalue weighted by Crippen LogP contribution is -2.14. The zero-order valence-corrected chi connectivity index (χ0v) is 9.09. The third-order valence-corrected chi connectivity index (χ3v) is 2.78. The van der Waals surface area contributed by atoms with Crippen molar-refractivity contribution >= 4 is 23.2 Å². The van der Waals surface area contributed by atoms with Crippen molar-refractivity contribution in [3.8, 4) is 0 Å². The van der Waals surface area contributed by atoms with Crippen LogP contribution in [0.1, 0.15) is 5.56 Å². The van der Waals surface area contributed by atoms with Crippen LogP contribution in [0.5, 0.6) is 0 Å². The molecule has 1 aromatic carbocycles. The van der Waals surface area contributed by atoms with Crippen molar-refractivity contribution in [2.24, 2.45) is 5.92 Å². The minimum absolute atomic E-state index is 0.0714. The minimum Gasteiger partial charge on any atom is -0.396 e. The fourth-order valence-electron chi connectivity index (χ4n) is 1.20. The molecule has 4 heteroatoms. The zero-order chi connectivity index (χ0) is 10.6. The Morgan fingerprint density at radius 2 is 1.57 bits per heavy atom. The third-order valence-electron chi connectivity index (χ3n) is 2.07. The van der Waals surface area contributed by atoms with Crippen LogP contribution < -0.4 is 0 Å². The van der Waals surface area contributed by atoms with E-state index in [0.29, 0.717) is 16.5 Å². The molecule has 1 rings (SSSR count). The van der Waals surface area contributed by atoms with Crippen LogP contribution in [0.2, 0.25) is 10.0 Å². The summed E-state index contributed by atoms with van der Waals surface area (Å²) >= 11 is 11.9. The number of benzene rings is 1. The molecule has 0 aliphatic rings. The number of hydrogen-bond acceptors (Lipinski definition) is 2. The first-order valence-corrected chi connectivity index (χ1v) is 5.09. The van der Waals surface area contributed by atoms with Crippen molar-refractivity contribution in [2.75, 3.05) is 13.2 Å². The van der Waals surface area contributed by atoms with Gasteiger partial charge in [-0.1, -0.05) is 29.3 Å². The molecule has 0 atom stereocenters. The SMILES string of the molecule is OCC(CO)Cc1c(Cl)cccc1Cl. The summed E-state index contributed by atoms with van der Waals surface area (Å²) in [6.45, 7) is -0.143. The second-order valence-electron chi connectivity index (χ2n) is 3.14. The second-order valence-corrected chi connectivity index (χ2v) is 3.95. The maximum atomic E-state index is 8.92. The summed E-state index contributed by atoms with van der Waals surface area (Å²) in [5.74, 6) is -0.201. The Hall–Kier alpha value is -0.280. The van der Waals surface area contributed by atoms with Gasteiger partial charge in [0.25, 0.3) is 0 Å². The van der Waals surface area contributed by atoms with Gasteiger partial charge in [-0.15, -0.1) is 0 Å². The lowest BCUT2D eigenvalue weighted by atomic mass is 10.0. The normalized spacial score (nSPS) is 10.9. The summed E-state index contributed by atoms with van der Waals surface area (Å²) in [5, 5.41) is 19.0. The highest BCUT2D eigenvalue weighted by Gasteiger charge is 2.12. The molecule has 0 unspecified atom stereocenters. The van der Waals surface area contributed by atoms with E-state index in [0.717, 1.165) is 5.56 Å². The van der Waals surface area contributed by atoms with Gasteiger partial charge in [0.15, 0.2) is 0 Å². The second kappa shape index (κ2) is 5.56. The van der Waals surface area contributed by atoms with Crippen LogP contribution in [-0.2, 0) is 6.42 Å². The van der Waals surface area contributed by atoms with Crippen molar-refractivity contribution < 1.29 is 10.2 Å². The molecule has 0 bridgehead atoms. The number of aliphatic hydroxyl groups is 2. The van der Waals surface area contributed by atoms with E-state index in [1.54, 1.807) is 18.2 Å². The number of aliphatic hydroxyl groups excluding tert-OH is 2. The first-order valence-electron chi connectivity index (χ1n) is 4.33. The Kier molecular flexibility index (Phi) is 4.69. The fraction of sp³-hybridized carbons (Fsp3) is 0.400. The monoisotopic (exact) mass is 234 g/mol. The van der Waals surface area contributed by atoms with E-state index < -0.39 is 0 Å². The molecule has 0 aliphatic carbocycles. The lowest BCUT2D eigenvalue weighted by molar-refractivity contribution is 0.150. The molecule has 0 saturated heterocycles. The number of hydrogen-bond donors (Lipinski definition) is 2. The Labute approximate surface area is 93.1 Å². The topological polar surface area (TPSA) is 40.5 Å². The van der Waals surface area contributed by atoms with E-state index in [2.05, 4.69) is 0 Å². The Morgan fingerprint density at radius 1 is 1.07 bits per heavy atom. The van der Waals surface area contributed by atoms with Crippen molar-refractivity contribution in [1.29, 1.82) is 0 Å². The summed E-state index contributed by atoms with van der Waals surface area (Å²) in [7, 11) is 0. The van der Waals surface area contributed by atoms with Gasteiger partial charge in [-0.2, -0.15) is 0 Å². The summed E-state index contributed by atoms with van der Waals surface area (Å²) in [5.41, 5.74) is 0.781. The van der Waals surface area contributed by atoms with Gasteiger partial charge in [-0.25, -0.2) is 0 Å². The smallest absolute Gasteiger partial charge is 0.0484 e. The van der Waals surface area contributed by atoms with Gasteiger partial charge >= 0.3 is 0 Å². The van der Waals surface area contributed by atoms with Crippen LogP contribution >= 0.6 is 23.2 Å². The van der Waals surface area contributed by atoms with Gasteiger partial charge in [0.05, 0.1) is 0 Å². The average Bonchev–Trinajstić information content (AvgIpc) is 2.18. The molecule has 78 valence electrons. The highest BCUT2D eigenvalue weighted by atomic mass is 35.5. The predicted octanol–water partition coefficient (Wildman–Crippen LogP) is 2.14. The molecule has 0 amide bonds. The molecule has 0 aromatic heterocycles. The predicted molar refractivity (Wildman–Crippen MR) is 57.8 cm³/mol. The van der Waals surface area contributed by atoms with Gasteiger partial charge in [0.2, 0.25) is 0 Å². The largest absolute Gasteiger partial charge is 0.396 e. The molecule has 0 spiro atoms. The van der Waals surface area contributed by atoms with Gasteiger partial charge in [-0.05, 0) is 24.1 Å². The average molecular weight is 235 g/mol. The molecule has 2 nitrogen and oxygen atoms in total.